The molecule has 0 unspecified atom stereocenters. The van der Waals surface area contributed by atoms with E-state index in [2.05, 4.69) is 41.7 Å². The number of hydrogen-bond acceptors (Lipinski definition) is 7. The smallest absolute Gasteiger partial charge is 0.177 e. The van der Waals surface area contributed by atoms with Gasteiger partial charge in [0.25, 0.3) is 0 Å². The van der Waals surface area contributed by atoms with E-state index >= 15 is 0 Å². The molecular weight excluding hydrogens is 320 g/mol. The van der Waals surface area contributed by atoms with E-state index in [0.29, 0.717) is 12.6 Å². The molecule has 9 nitrogen and oxygen atoms in total. The highest BCUT2D eigenvalue weighted by Crippen LogP contribution is 2.23. The van der Waals surface area contributed by atoms with Crippen LogP contribution in [-0.2, 0) is 24.4 Å². The molecule has 1 saturated heterocycles. The highest BCUT2D eigenvalue weighted by molar-refractivity contribution is 5.47. The van der Waals surface area contributed by atoms with Gasteiger partial charge in [0.15, 0.2) is 5.65 Å². The number of likely N-dealkylation sites (N-methyl/N-ethyl adjacent to an activating group) is 1. The fourth-order valence-electron chi connectivity index (χ4n) is 3.48. The molecule has 3 aromatic heterocycles. The highest BCUT2D eigenvalue weighted by Gasteiger charge is 2.31. The average molecular weight is 340 g/mol. The first kappa shape index (κ1) is 14.8. The maximum absolute atomic E-state index is 5.46. The number of fused-ring (bicyclic) bond motifs is 2. The van der Waals surface area contributed by atoms with Gasteiger partial charge in [0.05, 0.1) is 12.3 Å². The summed E-state index contributed by atoms with van der Waals surface area (Å²) in [7, 11) is 2.18. The fourth-order valence-corrected chi connectivity index (χ4v) is 3.48. The summed E-state index contributed by atoms with van der Waals surface area (Å²) in [5.41, 5.74) is 2.04. The van der Waals surface area contributed by atoms with E-state index in [1.54, 1.807) is 10.8 Å². The summed E-state index contributed by atoms with van der Waals surface area (Å²) < 4.78 is 9.47. The molecule has 0 atom stereocenters. The van der Waals surface area contributed by atoms with Gasteiger partial charge in [-0.1, -0.05) is 0 Å². The number of aromatic nitrogens is 6. The molecule has 130 valence electrons. The second kappa shape index (κ2) is 5.78. The SMILES string of the molecule is CN(Cc1cnc2n1CCOC2)C1CN(c2ccc3nncn3n2)C1. The molecule has 1 fully saturated rings. The van der Waals surface area contributed by atoms with E-state index in [1.807, 2.05) is 18.3 Å². The Hall–Kier alpha value is -2.52. The predicted octanol–water partition coefficient (Wildman–Crippen LogP) is 0.172. The van der Waals surface area contributed by atoms with E-state index in [0.717, 1.165) is 50.1 Å². The number of imidazole rings is 1. The van der Waals surface area contributed by atoms with Crippen LogP contribution in [0.25, 0.3) is 5.65 Å². The zero-order valence-electron chi connectivity index (χ0n) is 14.1. The van der Waals surface area contributed by atoms with Gasteiger partial charge in [0, 0.05) is 38.4 Å². The van der Waals surface area contributed by atoms with Gasteiger partial charge in [0.1, 0.15) is 24.6 Å². The first-order valence-electron chi connectivity index (χ1n) is 8.51. The van der Waals surface area contributed by atoms with Gasteiger partial charge < -0.3 is 14.2 Å². The van der Waals surface area contributed by atoms with Crippen molar-refractivity contribution in [3.63, 3.8) is 0 Å². The monoisotopic (exact) mass is 340 g/mol. The molecule has 0 radical (unpaired) electrons. The summed E-state index contributed by atoms with van der Waals surface area (Å²) in [6.07, 6.45) is 3.62. The van der Waals surface area contributed by atoms with Gasteiger partial charge >= 0.3 is 0 Å². The molecule has 2 aliphatic rings. The van der Waals surface area contributed by atoms with Crippen molar-refractivity contribution < 1.29 is 4.74 Å². The minimum absolute atomic E-state index is 0.518. The summed E-state index contributed by atoms with van der Waals surface area (Å²) in [5, 5.41) is 12.4. The molecule has 5 rings (SSSR count). The number of hydrogen-bond donors (Lipinski definition) is 0. The quantitative estimate of drug-likeness (QED) is 0.670. The van der Waals surface area contributed by atoms with Crippen LogP contribution in [0.4, 0.5) is 5.82 Å². The molecule has 0 aliphatic carbocycles. The Morgan fingerprint density at radius 3 is 3.16 bits per heavy atom. The van der Waals surface area contributed by atoms with E-state index in [-0.39, 0.29) is 0 Å². The predicted molar refractivity (Wildman–Crippen MR) is 90.1 cm³/mol. The maximum atomic E-state index is 5.46. The van der Waals surface area contributed by atoms with Crippen molar-refractivity contribution in [2.45, 2.75) is 25.7 Å². The van der Waals surface area contributed by atoms with E-state index in [4.69, 9.17) is 4.74 Å². The second-order valence-corrected chi connectivity index (χ2v) is 6.67. The van der Waals surface area contributed by atoms with Gasteiger partial charge in [-0.2, -0.15) is 4.52 Å². The first-order valence-corrected chi connectivity index (χ1v) is 8.51. The van der Waals surface area contributed by atoms with Crippen LogP contribution in [0.1, 0.15) is 11.5 Å². The third-order valence-electron chi connectivity index (χ3n) is 5.08. The van der Waals surface area contributed by atoms with Crippen molar-refractivity contribution in [3.05, 3.63) is 36.2 Å². The lowest BCUT2D eigenvalue weighted by atomic mass is 10.1. The van der Waals surface area contributed by atoms with Crippen molar-refractivity contribution in [1.82, 2.24) is 34.3 Å². The van der Waals surface area contributed by atoms with Crippen molar-refractivity contribution in [1.29, 1.82) is 0 Å². The summed E-state index contributed by atoms with van der Waals surface area (Å²) in [5.74, 6) is 2.01. The van der Waals surface area contributed by atoms with Crippen LogP contribution in [0.3, 0.4) is 0 Å². The normalized spacial score (nSPS) is 17.9. The molecule has 0 amide bonds. The van der Waals surface area contributed by atoms with Crippen LogP contribution in [0.15, 0.2) is 24.7 Å². The third-order valence-corrected chi connectivity index (χ3v) is 5.08. The van der Waals surface area contributed by atoms with Crippen LogP contribution in [0, 0.1) is 0 Å². The molecular formula is C16H20N8O. The average Bonchev–Trinajstić information content (AvgIpc) is 3.20. The Morgan fingerprint density at radius 1 is 1.32 bits per heavy atom. The van der Waals surface area contributed by atoms with Crippen LogP contribution < -0.4 is 4.90 Å². The zero-order chi connectivity index (χ0) is 16.8. The Balaban J connectivity index is 1.23. The molecule has 2 aliphatic heterocycles. The minimum Gasteiger partial charge on any atom is -0.372 e. The van der Waals surface area contributed by atoms with E-state index in [1.165, 1.54) is 5.69 Å². The Labute approximate surface area is 144 Å². The summed E-state index contributed by atoms with van der Waals surface area (Å²) in [4.78, 5) is 9.15. The van der Waals surface area contributed by atoms with Gasteiger partial charge in [-0.05, 0) is 19.2 Å². The molecule has 0 spiro atoms. The Bertz CT molecular complexity index is 897. The summed E-state index contributed by atoms with van der Waals surface area (Å²) in [6, 6.07) is 4.48. The van der Waals surface area contributed by atoms with Crippen molar-refractivity contribution in [2.24, 2.45) is 0 Å². The zero-order valence-corrected chi connectivity index (χ0v) is 14.1. The molecule has 5 heterocycles. The Morgan fingerprint density at radius 2 is 2.24 bits per heavy atom. The Kier molecular flexibility index (Phi) is 3.42. The van der Waals surface area contributed by atoms with Gasteiger partial charge in [-0.25, -0.2) is 4.98 Å². The molecule has 9 heteroatoms. The van der Waals surface area contributed by atoms with Crippen LogP contribution >= 0.6 is 0 Å². The lowest BCUT2D eigenvalue weighted by molar-refractivity contribution is 0.0791. The summed E-state index contributed by atoms with van der Waals surface area (Å²) >= 11 is 0. The molecule has 3 aromatic rings. The highest BCUT2D eigenvalue weighted by atomic mass is 16.5. The third kappa shape index (κ3) is 2.56. The molecule has 0 N–H and O–H groups in total. The number of ether oxygens (including phenoxy) is 1. The van der Waals surface area contributed by atoms with Crippen molar-refractivity contribution in [2.75, 3.05) is 31.6 Å². The van der Waals surface area contributed by atoms with E-state index in [9.17, 15) is 0 Å². The van der Waals surface area contributed by atoms with E-state index < -0.39 is 0 Å². The maximum Gasteiger partial charge on any atom is 0.177 e. The fraction of sp³-hybridized carbons (Fsp3) is 0.500. The van der Waals surface area contributed by atoms with Gasteiger partial charge in [-0.15, -0.1) is 15.3 Å². The number of rotatable bonds is 4. The van der Waals surface area contributed by atoms with Crippen LogP contribution in [-0.4, -0.2) is 67.0 Å². The standard InChI is InChI=1S/C16H20N8O/c1-21(7-12-6-17-16-10-25-5-4-23(12)16)13-8-22(9-13)15-3-2-14-19-18-11-24(14)20-15/h2-3,6,11,13H,4-5,7-10H2,1H3. The molecule has 0 aromatic carbocycles. The van der Waals surface area contributed by atoms with Gasteiger partial charge in [-0.3, -0.25) is 4.90 Å². The first-order chi connectivity index (χ1) is 12.3. The second-order valence-electron chi connectivity index (χ2n) is 6.67. The topological polar surface area (TPSA) is 76.6 Å². The lowest BCUT2D eigenvalue weighted by Gasteiger charge is -2.44. The van der Waals surface area contributed by atoms with Gasteiger partial charge in [0.2, 0.25) is 0 Å². The van der Waals surface area contributed by atoms with Crippen LogP contribution in [0.2, 0.25) is 0 Å². The summed E-state index contributed by atoms with van der Waals surface area (Å²) in [6.45, 7) is 5.15. The molecule has 25 heavy (non-hydrogen) atoms. The minimum atomic E-state index is 0.518. The largest absolute Gasteiger partial charge is 0.372 e. The molecule has 0 bridgehead atoms. The van der Waals surface area contributed by atoms with Crippen molar-refractivity contribution >= 4 is 11.5 Å². The van der Waals surface area contributed by atoms with Crippen molar-refractivity contribution in [3.8, 4) is 0 Å². The molecule has 0 saturated carbocycles. The number of nitrogens with zero attached hydrogens (tertiary/aromatic N) is 8. The lowest BCUT2D eigenvalue weighted by Crippen LogP contribution is -2.58. The van der Waals surface area contributed by atoms with Crippen LogP contribution in [0.5, 0.6) is 0 Å². The number of anilines is 1.